The maximum Gasteiger partial charge on any atom is 0.234 e. The molecule has 1 aromatic carbocycles. The lowest BCUT2D eigenvalue weighted by Crippen LogP contribution is -2.49. The van der Waals surface area contributed by atoms with E-state index in [1.807, 2.05) is 32.0 Å². The van der Waals surface area contributed by atoms with Crippen LogP contribution in [0.1, 0.15) is 19.4 Å². The Morgan fingerprint density at radius 1 is 1.23 bits per heavy atom. The first-order valence-corrected chi connectivity index (χ1v) is 7.63. The molecule has 0 saturated carbocycles. The Labute approximate surface area is 130 Å². The number of hydrogen-bond acceptors (Lipinski definition) is 5. The third-order valence-corrected chi connectivity index (χ3v) is 3.79. The van der Waals surface area contributed by atoms with Crippen molar-refractivity contribution in [3.05, 3.63) is 23.8 Å². The van der Waals surface area contributed by atoms with Crippen LogP contribution in [0.15, 0.2) is 18.2 Å². The van der Waals surface area contributed by atoms with E-state index in [-0.39, 0.29) is 24.9 Å². The van der Waals surface area contributed by atoms with Crippen molar-refractivity contribution in [3.8, 4) is 11.5 Å². The Hall–Kier alpha value is -1.79. The number of nitrogens with zero attached hydrogens (tertiary/aromatic N) is 1. The fraction of sp³-hybridized carbons (Fsp3) is 0.562. The highest BCUT2D eigenvalue weighted by Crippen LogP contribution is 2.32. The summed E-state index contributed by atoms with van der Waals surface area (Å²) in [6, 6.07) is 5.71. The first-order chi connectivity index (χ1) is 10.6. The summed E-state index contributed by atoms with van der Waals surface area (Å²) in [6.45, 7) is 6.82. The van der Waals surface area contributed by atoms with Crippen molar-refractivity contribution in [2.24, 2.45) is 0 Å². The van der Waals surface area contributed by atoms with E-state index in [1.165, 1.54) is 0 Å². The predicted molar refractivity (Wildman–Crippen MR) is 80.9 cm³/mol. The van der Waals surface area contributed by atoms with Crippen LogP contribution in [0.4, 0.5) is 0 Å². The number of benzene rings is 1. The zero-order valence-corrected chi connectivity index (χ0v) is 13.0. The molecule has 1 amide bonds. The van der Waals surface area contributed by atoms with Gasteiger partial charge in [0.25, 0.3) is 0 Å². The Kier molecular flexibility index (Phi) is 4.49. The van der Waals surface area contributed by atoms with Crippen LogP contribution in [0.25, 0.3) is 0 Å². The SMILES string of the molecule is CC1CN(CC(=O)NCc2ccc3c(c2)OCO3)CC(C)O1. The Morgan fingerprint density at radius 3 is 2.73 bits per heavy atom. The van der Waals surface area contributed by atoms with Crippen LogP contribution in [-0.2, 0) is 16.1 Å². The standard InChI is InChI=1S/C16H22N2O4/c1-11-7-18(8-12(2)22-11)9-16(19)17-6-13-3-4-14-15(5-13)21-10-20-14/h3-5,11-12H,6-10H2,1-2H3,(H,17,19). The lowest BCUT2D eigenvalue weighted by molar-refractivity contribution is -0.126. The molecule has 1 aromatic rings. The van der Waals surface area contributed by atoms with Gasteiger partial charge in [-0.15, -0.1) is 0 Å². The van der Waals surface area contributed by atoms with E-state index in [1.54, 1.807) is 0 Å². The van der Waals surface area contributed by atoms with Gasteiger partial charge in [0, 0.05) is 19.6 Å². The second-order valence-corrected chi connectivity index (χ2v) is 5.92. The highest BCUT2D eigenvalue weighted by molar-refractivity contribution is 5.78. The van der Waals surface area contributed by atoms with Gasteiger partial charge in [-0.1, -0.05) is 6.07 Å². The van der Waals surface area contributed by atoms with Gasteiger partial charge in [0.15, 0.2) is 11.5 Å². The molecular formula is C16H22N2O4. The lowest BCUT2D eigenvalue weighted by Gasteiger charge is -2.34. The van der Waals surface area contributed by atoms with Crippen molar-refractivity contribution >= 4 is 5.91 Å². The first kappa shape index (κ1) is 15.1. The van der Waals surface area contributed by atoms with Gasteiger partial charge in [-0.2, -0.15) is 0 Å². The summed E-state index contributed by atoms with van der Waals surface area (Å²) in [5, 5.41) is 2.95. The number of carbonyl (C=O) groups excluding carboxylic acids is 1. The summed E-state index contributed by atoms with van der Waals surface area (Å²) < 4.78 is 16.3. The minimum Gasteiger partial charge on any atom is -0.454 e. The van der Waals surface area contributed by atoms with Crippen molar-refractivity contribution < 1.29 is 19.0 Å². The number of nitrogens with one attached hydrogen (secondary N) is 1. The Bertz CT molecular complexity index is 539. The molecule has 2 atom stereocenters. The fourth-order valence-corrected chi connectivity index (χ4v) is 2.92. The fourth-order valence-electron chi connectivity index (χ4n) is 2.92. The zero-order valence-electron chi connectivity index (χ0n) is 13.0. The number of morpholine rings is 1. The van der Waals surface area contributed by atoms with Gasteiger partial charge in [-0.25, -0.2) is 0 Å². The molecule has 0 radical (unpaired) electrons. The molecule has 1 fully saturated rings. The van der Waals surface area contributed by atoms with E-state index in [9.17, 15) is 4.79 Å². The van der Waals surface area contributed by atoms with Gasteiger partial charge in [0.1, 0.15) is 0 Å². The van der Waals surface area contributed by atoms with Gasteiger partial charge in [0.05, 0.1) is 18.8 Å². The van der Waals surface area contributed by atoms with Crippen LogP contribution in [0.2, 0.25) is 0 Å². The summed E-state index contributed by atoms with van der Waals surface area (Å²) in [7, 11) is 0. The van der Waals surface area contributed by atoms with Crippen LogP contribution in [0.3, 0.4) is 0 Å². The maximum atomic E-state index is 12.1. The summed E-state index contributed by atoms with van der Waals surface area (Å²) in [6.07, 6.45) is 0.343. The van der Waals surface area contributed by atoms with E-state index >= 15 is 0 Å². The zero-order chi connectivity index (χ0) is 15.5. The normalized spacial score (nSPS) is 24.3. The number of fused-ring (bicyclic) bond motifs is 1. The van der Waals surface area contributed by atoms with E-state index < -0.39 is 0 Å². The van der Waals surface area contributed by atoms with Crippen LogP contribution in [-0.4, -0.2) is 49.4 Å². The van der Waals surface area contributed by atoms with Crippen molar-refractivity contribution in [2.45, 2.75) is 32.6 Å². The molecule has 22 heavy (non-hydrogen) atoms. The van der Waals surface area contributed by atoms with E-state index in [2.05, 4.69) is 10.2 Å². The van der Waals surface area contributed by atoms with Crippen LogP contribution >= 0.6 is 0 Å². The van der Waals surface area contributed by atoms with Crippen LogP contribution in [0.5, 0.6) is 11.5 Å². The molecule has 1 saturated heterocycles. The summed E-state index contributed by atoms with van der Waals surface area (Å²) in [4.78, 5) is 14.2. The van der Waals surface area contributed by atoms with Gasteiger partial charge >= 0.3 is 0 Å². The first-order valence-electron chi connectivity index (χ1n) is 7.63. The average molecular weight is 306 g/mol. The molecule has 120 valence electrons. The van der Waals surface area contributed by atoms with Crippen molar-refractivity contribution in [3.63, 3.8) is 0 Å². The molecule has 0 bridgehead atoms. The molecule has 2 aliphatic heterocycles. The van der Waals surface area contributed by atoms with Gasteiger partial charge in [0.2, 0.25) is 12.7 Å². The second-order valence-electron chi connectivity index (χ2n) is 5.92. The molecule has 2 aliphatic rings. The topological polar surface area (TPSA) is 60.0 Å². The number of amides is 1. The van der Waals surface area contributed by atoms with Crippen molar-refractivity contribution in [1.29, 1.82) is 0 Å². The highest BCUT2D eigenvalue weighted by atomic mass is 16.7. The Morgan fingerprint density at radius 2 is 1.95 bits per heavy atom. The molecular weight excluding hydrogens is 284 g/mol. The van der Waals surface area contributed by atoms with Crippen LogP contribution < -0.4 is 14.8 Å². The summed E-state index contributed by atoms with van der Waals surface area (Å²) in [5.74, 6) is 1.52. The number of carbonyl (C=O) groups is 1. The predicted octanol–water partition coefficient (Wildman–Crippen LogP) is 1.14. The van der Waals surface area contributed by atoms with E-state index in [4.69, 9.17) is 14.2 Å². The van der Waals surface area contributed by atoms with E-state index in [0.29, 0.717) is 13.1 Å². The van der Waals surface area contributed by atoms with Gasteiger partial charge in [-0.3, -0.25) is 9.69 Å². The second kappa shape index (κ2) is 6.54. The number of rotatable bonds is 4. The molecule has 0 aromatic heterocycles. The van der Waals surface area contributed by atoms with Gasteiger partial charge in [-0.05, 0) is 31.5 Å². The monoisotopic (exact) mass is 306 g/mol. The minimum absolute atomic E-state index is 0.0268. The maximum absolute atomic E-state index is 12.1. The smallest absolute Gasteiger partial charge is 0.234 e. The summed E-state index contributed by atoms with van der Waals surface area (Å²) in [5.41, 5.74) is 1.00. The average Bonchev–Trinajstić information content (AvgIpc) is 2.91. The summed E-state index contributed by atoms with van der Waals surface area (Å²) >= 11 is 0. The highest BCUT2D eigenvalue weighted by Gasteiger charge is 2.23. The molecule has 6 heteroatoms. The Balaban J connectivity index is 1.48. The van der Waals surface area contributed by atoms with Gasteiger partial charge < -0.3 is 19.5 Å². The number of ether oxygens (including phenoxy) is 3. The van der Waals surface area contributed by atoms with E-state index in [0.717, 1.165) is 30.2 Å². The van der Waals surface area contributed by atoms with Crippen molar-refractivity contribution in [1.82, 2.24) is 10.2 Å². The molecule has 2 unspecified atom stereocenters. The number of hydrogen-bond donors (Lipinski definition) is 1. The van der Waals surface area contributed by atoms with Crippen molar-refractivity contribution in [2.75, 3.05) is 26.4 Å². The third-order valence-electron chi connectivity index (χ3n) is 3.79. The lowest BCUT2D eigenvalue weighted by atomic mass is 10.2. The molecule has 3 rings (SSSR count). The molecule has 6 nitrogen and oxygen atoms in total. The molecule has 0 spiro atoms. The molecule has 0 aliphatic carbocycles. The minimum atomic E-state index is 0.0268. The largest absolute Gasteiger partial charge is 0.454 e. The molecule has 2 heterocycles. The third kappa shape index (κ3) is 3.69. The van der Waals surface area contributed by atoms with Crippen LogP contribution in [0, 0.1) is 0 Å². The quantitative estimate of drug-likeness (QED) is 0.904. The molecule has 1 N–H and O–H groups in total.